The third-order valence-corrected chi connectivity index (χ3v) is 2.68. The molecule has 0 heterocycles. The van der Waals surface area contributed by atoms with Crippen molar-refractivity contribution in [3.05, 3.63) is 29.8 Å². The fourth-order valence-electron chi connectivity index (χ4n) is 1.82. The molecule has 0 aliphatic heterocycles. The number of ether oxygens (including phenoxy) is 1. The van der Waals surface area contributed by atoms with Crippen LogP contribution in [0.4, 0.5) is 8.78 Å². The van der Waals surface area contributed by atoms with Gasteiger partial charge in [-0.25, -0.2) is 4.79 Å². The Morgan fingerprint density at radius 2 is 2.10 bits per heavy atom. The Hall–Kier alpha value is -2.18. The molecule has 2 N–H and O–H groups in total. The Morgan fingerprint density at radius 3 is 2.62 bits per heavy atom. The molecule has 0 bridgehead atoms. The van der Waals surface area contributed by atoms with Crippen LogP contribution in [0, 0.1) is 0 Å². The number of alkyl halides is 2. The highest BCUT2D eigenvalue weighted by atomic mass is 19.3. The van der Waals surface area contributed by atoms with Gasteiger partial charge in [0.05, 0.1) is 12.6 Å². The minimum Gasteiger partial charge on any atom is -0.508 e. The first-order valence-corrected chi connectivity index (χ1v) is 6.37. The smallest absolute Gasteiger partial charge is 0.377 e. The molecule has 0 radical (unpaired) electrons. The van der Waals surface area contributed by atoms with Gasteiger partial charge in [0.15, 0.2) is 0 Å². The number of carbonyl (C=O) groups is 2. The van der Waals surface area contributed by atoms with Gasteiger partial charge in [0.25, 0.3) is 0 Å². The molecule has 21 heavy (non-hydrogen) atoms. The van der Waals surface area contributed by atoms with Crippen LogP contribution in [0.2, 0.25) is 0 Å². The Kier molecular flexibility index (Phi) is 5.63. The number of aromatic hydroxyl groups is 1. The summed E-state index contributed by atoms with van der Waals surface area (Å²) in [6, 6.07) is 4.44. The fourth-order valence-corrected chi connectivity index (χ4v) is 1.82. The summed E-state index contributed by atoms with van der Waals surface area (Å²) in [5.41, 5.74) is 0.272. The molecule has 0 aliphatic rings. The summed E-state index contributed by atoms with van der Waals surface area (Å²) in [4.78, 5) is 22.4. The number of halogens is 2. The van der Waals surface area contributed by atoms with E-state index in [0.717, 1.165) is 0 Å². The summed E-state index contributed by atoms with van der Waals surface area (Å²) in [6.45, 7) is 2.44. The van der Waals surface area contributed by atoms with E-state index in [9.17, 15) is 23.5 Å². The van der Waals surface area contributed by atoms with Crippen LogP contribution in [0.1, 0.15) is 31.9 Å². The molecule has 1 rings (SSSR count). The molecule has 0 fully saturated rings. The van der Waals surface area contributed by atoms with Crippen molar-refractivity contribution in [3.63, 3.8) is 0 Å². The zero-order chi connectivity index (χ0) is 16.0. The molecule has 0 aromatic heterocycles. The molecule has 1 aromatic carbocycles. The van der Waals surface area contributed by atoms with Crippen molar-refractivity contribution in [1.82, 2.24) is 5.32 Å². The Morgan fingerprint density at radius 1 is 1.43 bits per heavy atom. The van der Waals surface area contributed by atoms with Crippen molar-refractivity contribution < 1.29 is 28.2 Å². The van der Waals surface area contributed by atoms with Gasteiger partial charge in [-0.15, -0.1) is 0 Å². The number of nitrogens with one attached hydrogen (secondary N) is 1. The molecular weight excluding hydrogens is 284 g/mol. The van der Waals surface area contributed by atoms with Crippen LogP contribution in [-0.2, 0) is 14.3 Å². The summed E-state index contributed by atoms with van der Waals surface area (Å²) in [5, 5.41) is 11.7. The lowest BCUT2D eigenvalue weighted by atomic mass is 9.99. The zero-order valence-electron chi connectivity index (χ0n) is 11.7. The fraction of sp³-hybridized carbons (Fsp3) is 0.429. The summed E-state index contributed by atoms with van der Waals surface area (Å²) >= 11 is 0. The number of hydrogen-bond acceptors (Lipinski definition) is 4. The summed E-state index contributed by atoms with van der Waals surface area (Å²) in [6.07, 6.45) is -0.950. The first-order valence-electron chi connectivity index (χ1n) is 6.37. The number of rotatable bonds is 6. The Labute approximate surface area is 120 Å². The normalized spacial score (nSPS) is 12.6. The van der Waals surface area contributed by atoms with Gasteiger partial charge in [-0.1, -0.05) is 12.1 Å². The molecule has 0 aliphatic carbocycles. The third kappa shape index (κ3) is 5.02. The topological polar surface area (TPSA) is 75.6 Å². The quantitative estimate of drug-likeness (QED) is 0.790. The second kappa shape index (κ2) is 7.01. The zero-order valence-corrected chi connectivity index (χ0v) is 11.7. The van der Waals surface area contributed by atoms with Gasteiger partial charge in [-0.2, -0.15) is 8.78 Å². The molecule has 7 heteroatoms. The molecule has 1 unspecified atom stereocenters. The first kappa shape index (κ1) is 16.9. The maximum Gasteiger partial charge on any atom is 0.377 e. The lowest BCUT2D eigenvalue weighted by molar-refractivity contribution is -0.173. The van der Waals surface area contributed by atoms with E-state index >= 15 is 0 Å². The summed E-state index contributed by atoms with van der Waals surface area (Å²) in [5.74, 6) is -6.03. The lowest BCUT2D eigenvalue weighted by Gasteiger charge is -2.23. The van der Waals surface area contributed by atoms with E-state index in [4.69, 9.17) is 0 Å². The molecule has 1 aromatic rings. The van der Waals surface area contributed by atoms with Crippen molar-refractivity contribution in [3.8, 4) is 5.75 Å². The maximum atomic E-state index is 13.8. The number of benzene rings is 1. The van der Waals surface area contributed by atoms with E-state index in [-0.39, 0.29) is 17.9 Å². The predicted molar refractivity (Wildman–Crippen MR) is 70.9 cm³/mol. The van der Waals surface area contributed by atoms with E-state index in [1.807, 2.05) is 0 Å². The molecule has 0 spiro atoms. The summed E-state index contributed by atoms with van der Waals surface area (Å²) < 4.78 is 31.9. The Bertz CT molecular complexity index is 519. The molecule has 1 atom stereocenters. The van der Waals surface area contributed by atoms with Crippen molar-refractivity contribution in [1.29, 1.82) is 0 Å². The molecule has 1 amide bonds. The highest BCUT2D eigenvalue weighted by Gasteiger charge is 2.43. The maximum absolute atomic E-state index is 13.8. The molecule has 116 valence electrons. The van der Waals surface area contributed by atoms with Crippen molar-refractivity contribution in [2.75, 3.05) is 6.61 Å². The van der Waals surface area contributed by atoms with Crippen LogP contribution >= 0.6 is 0 Å². The minimum absolute atomic E-state index is 0.123. The number of phenols is 1. The van der Waals surface area contributed by atoms with Gasteiger partial charge in [0, 0.05) is 13.3 Å². The molecular formula is C14H17F2NO4. The average Bonchev–Trinajstić information content (AvgIpc) is 2.37. The van der Waals surface area contributed by atoms with Gasteiger partial charge in [0.2, 0.25) is 5.91 Å². The standard InChI is InChI=1S/C14H17F2NO4/c1-3-21-13(20)14(15,16)8-12(17-9(2)18)10-5-4-6-11(19)7-10/h4-7,12,19H,3,8H2,1-2H3,(H,17,18). The molecule has 0 saturated heterocycles. The van der Waals surface area contributed by atoms with Crippen molar-refractivity contribution in [2.24, 2.45) is 0 Å². The summed E-state index contributed by atoms with van der Waals surface area (Å²) in [7, 11) is 0. The van der Waals surface area contributed by atoms with Gasteiger partial charge in [-0.05, 0) is 24.6 Å². The van der Waals surface area contributed by atoms with Crippen LogP contribution in [0.25, 0.3) is 0 Å². The van der Waals surface area contributed by atoms with Gasteiger partial charge in [0.1, 0.15) is 5.75 Å². The van der Waals surface area contributed by atoms with Crippen molar-refractivity contribution in [2.45, 2.75) is 32.2 Å². The van der Waals surface area contributed by atoms with Gasteiger partial charge in [-0.3, -0.25) is 4.79 Å². The van der Waals surface area contributed by atoms with E-state index in [2.05, 4.69) is 10.1 Å². The second-order valence-corrected chi connectivity index (χ2v) is 4.48. The Balaban J connectivity index is 2.98. The van der Waals surface area contributed by atoms with Crippen LogP contribution in [0.3, 0.4) is 0 Å². The van der Waals surface area contributed by atoms with E-state index in [1.165, 1.54) is 38.1 Å². The largest absolute Gasteiger partial charge is 0.508 e. The number of esters is 1. The lowest BCUT2D eigenvalue weighted by Crippen LogP contribution is -2.37. The number of amides is 1. The minimum atomic E-state index is -3.74. The molecule has 5 nitrogen and oxygen atoms in total. The van der Waals surface area contributed by atoms with Crippen LogP contribution in [0.15, 0.2) is 24.3 Å². The third-order valence-electron chi connectivity index (χ3n) is 2.68. The van der Waals surface area contributed by atoms with E-state index in [1.54, 1.807) is 0 Å². The van der Waals surface area contributed by atoms with Gasteiger partial charge >= 0.3 is 11.9 Å². The second-order valence-electron chi connectivity index (χ2n) is 4.48. The van der Waals surface area contributed by atoms with E-state index < -0.39 is 30.3 Å². The first-order chi connectivity index (χ1) is 9.76. The van der Waals surface area contributed by atoms with Crippen molar-refractivity contribution >= 4 is 11.9 Å². The highest BCUT2D eigenvalue weighted by molar-refractivity contribution is 5.78. The average molecular weight is 301 g/mol. The monoisotopic (exact) mass is 301 g/mol. The van der Waals surface area contributed by atoms with Crippen LogP contribution < -0.4 is 5.32 Å². The van der Waals surface area contributed by atoms with Gasteiger partial charge < -0.3 is 15.2 Å². The van der Waals surface area contributed by atoms with Crippen LogP contribution in [-0.4, -0.2) is 29.5 Å². The van der Waals surface area contributed by atoms with E-state index in [0.29, 0.717) is 0 Å². The predicted octanol–water partition coefficient (Wildman–Crippen LogP) is 2.16. The van der Waals surface area contributed by atoms with Crippen LogP contribution in [0.5, 0.6) is 5.75 Å². The number of carbonyl (C=O) groups excluding carboxylic acids is 2. The SMILES string of the molecule is CCOC(=O)C(F)(F)CC(NC(C)=O)c1cccc(O)c1. The highest BCUT2D eigenvalue weighted by Crippen LogP contribution is 2.31. The number of hydrogen-bond donors (Lipinski definition) is 2. The molecule has 0 saturated carbocycles. The number of phenolic OH excluding ortho intramolecular Hbond substituents is 1.